The first-order chi connectivity index (χ1) is 13.0. The quantitative estimate of drug-likeness (QED) is 0.635. The van der Waals surface area contributed by atoms with Crippen LogP contribution in [0.15, 0.2) is 48.8 Å². The summed E-state index contributed by atoms with van der Waals surface area (Å²) in [7, 11) is 0. The van der Waals surface area contributed by atoms with Crippen LogP contribution >= 0.6 is 0 Å². The summed E-state index contributed by atoms with van der Waals surface area (Å²) in [5, 5.41) is 6.38. The van der Waals surface area contributed by atoms with Crippen LogP contribution in [0.4, 0.5) is 20.5 Å². The van der Waals surface area contributed by atoms with Crippen molar-refractivity contribution in [2.24, 2.45) is 0 Å². The molecule has 0 radical (unpaired) electrons. The molecule has 0 aliphatic heterocycles. The molecule has 140 valence electrons. The predicted octanol–water partition coefficient (Wildman–Crippen LogP) is 4.64. The van der Waals surface area contributed by atoms with Crippen molar-refractivity contribution >= 4 is 11.8 Å². The van der Waals surface area contributed by atoms with Crippen molar-refractivity contribution in [1.82, 2.24) is 15.0 Å². The predicted molar refractivity (Wildman–Crippen MR) is 102 cm³/mol. The topological polar surface area (TPSA) is 62.7 Å². The van der Waals surface area contributed by atoms with Crippen molar-refractivity contribution in [2.75, 3.05) is 10.6 Å². The summed E-state index contributed by atoms with van der Waals surface area (Å²) in [5.41, 5.74) is 2.12. The molecule has 2 N–H and O–H groups in total. The van der Waals surface area contributed by atoms with Crippen molar-refractivity contribution in [3.05, 3.63) is 66.0 Å². The molecule has 0 spiro atoms. The molecule has 27 heavy (non-hydrogen) atoms. The fourth-order valence-electron chi connectivity index (χ4n) is 2.50. The molecule has 5 nitrogen and oxygen atoms in total. The van der Waals surface area contributed by atoms with E-state index >= 15 is 0 Å². The third-order valence-electron chi connectivity index (χ3n) is 4.09. The van der Waals surface area contributed by atoms with Gasteiger partial charge in [-0.15, -0.1) is 0 Å². The minimum absolute atomic E-state index is 0.211. The maximum Gasteiger partial charge on any atom is 0.225 e. The number of hydrogen-bond acceptors (Lipinski definition) is 5. The van der Waals surface area contributed by atoms with E-state index in [1.165, 1.54) is 12.1 Å². The lowest BCUT2D eigenvalue weighted by Crippen LogP contribution is -2.16. The summed E-state index contributed by atoms with van der Waals surface area (Å²) in [6.07, 6.45) is 4.32. The first-order valence-corrected chi connectivity index (χ1v) is 8.78. The average Bonchev–Trinajstić information content (AvgIpc) is 2.66. The fourth-order valence-corrected chi connectivity index (χ4v) is 2.50. The number of halogens is 2. The van der Waals surface area contributed by atoms with Gasteiger partial charge in [0.25, 0.3) is 0 Å². The summed E-state index contributed by atoms with van der Waals surface area (Å²) in [4.78, 5) is 13.1. The Balaban J connectivity index is 1.87. The molecule has 0 aliphatic carbocycles. The molecule has 0 bridgehead atoms. The van der Waals surface area contributed by atoms with Gasteiger partial charge in [-0.3, -0.25) is 4.98 Å². The van der Waals surface area contributed by atoms with Gasteiger partial charge in [-0.05, 0) is 43.2 Å². The van der Waals surface area contributed by atoms with Crippen LogP contribution in [0.2, 0.25) is 0 Å². The first-order valence-electron chi connectivity index (χ1n) is 8.78. The van der Waals surface area contributed by atoms with Gasteiger partial charge in [0.1, 0.15) is 17.5 Å². The Morgan fingerprint density at radius 2 is 1.70 bits per heavy atom. The Labute approximate surface area is 156 Å². The number of nitrogens with zero attached hydrogens (tertiary/aromatic N) is 3. The second-order valence-corrected chi connectivity index (χ2v) is 6.28. The van der Waals surface area contributed by atoms with Crippen LogP contribution in [-0.4, -0.2) is 21.0 Å². The van der Waals surface area contributed by atoms with E-state index in [9.17, 15) is 8.78 Å². The molecule has 3 aromatic rings. The molecule has 2 heterocycles. The number of benzene rings is 1. The zero-order valence-electron chi connectivity index (χ0n) is 15.2. The number of hydrogen-bond donors (Lipinski definition) is 2. The van der Waals surface area contributed by atoms with Gasteiger partial charge < -0.3 is 10.6 Å². The highest BCUT2D eigenvalue weighted by Crippen LogP contribution is 2.22. The minimum Gasteiger partial charge on any atom is -0.366 e. The number of anilines is 2. The number of nitrogens with one attached hydrogen (secondary N) is 2. The van der Waals surface area contributed by atoms with Gasteiger partial charge in [-0.1, -0.05) is 6.92 Å². The van der Waals surface area contributed by atoms with Crippen LogP contribution in [0.5, 0.6) is 0 Å². The highest BCUT2D eigenvalue weighted by Gasteiger charge is 2.09. The number of pyridine rings is 1. The van der Waals surface area contributed by atoms with Crippen LogP contribution in [-0.2, 0) is 6.54 Å². The number of aromatic nitrogens is 3. The van der Waals surface area contributed by atoms with E-state index in [1.807, 2.05) is 19.1 Å². The van der Waals surface area contributed by atoms with Crippen LogP contribution in [0.1, 0.15) is 25.8 Å². The van der Waals surface area contributed by atoms with E-state index in [2.05, 4.69) is 32.5 Å². The van der Waals surface area contributed by atoms with Crippen LogP contribution in [0.25, 0.3) is 11.3 Å². The maximum atomic E-state index is 13.4. The lowest BCUT2D eigenvalue weighted by atomic mass is 10.2. The Kier molecular flexibility index (Phi) is 5.90. The van der Waals surface area contributed by atoms with E-state index in [1.54, 1.807) is 18.5 Å². The lowest BCUT2D eigenvalue weighted by molar-refractivity contribution is 0.580. The maximum absolute atomic E-state index is 13.4. The van der Waals surface area contributed by atoms with E-state index in [0.29, 0.717) is 17.3 Å². The van der Waals surface area contributed by atoms with Gasteiger partial charge in [-0.2, -0.15) is 4.98 Å². The van der Waals surface area contributed by atoms with Gasteiger partial charge in [-0.25, -0.2) is 13.8 Å². The molecule has 2 aromatic heterocycles. The molecule has 0 saturated carbocycles. The Morgan fingerprint density at radius 3 is 2.37 bits per heavy atom. The Hall–Kier alpha value is -3.09. The van der Waals surface area contributed by atoms with Gasteiger partial charge in [0.05, 0.1) is 5.69 Å². The monoisotopic (exact) mass is 369 g/mol. The average molecular weight is 369 g/mol. The van der Waals surface area contributed by atoms with Crippen molar-refractivity contribution in [1.29, 1.82) is 0 Å². The summed E-state index contributed by atoms with van der Waals surface area (Å²) in [5.74, 6) is -0.156. The first kappa shape index (κ1) is 18.7. The van der Waals surface area contributed by atoms with E-state index in [4.69, 9.17) is 0 Å². The Bertz CT molecular complexity index is 882. The van der Waals surface area contributed by atoms with Gasteiger partial charge in [0.15, 0.2) is 0 Å². The molecule has 0 saturated heterocycles. The lowest BCUT2D eigenvalue weighted by Gasteiger charge is -2.14. The zero-order valence-corrected chi connectivity index (χ0v) is 15.2. The third-order valence-corrected chi connectivity index (χ3v) is 4.09. The van der Waals surface area contributed by atoms with Crippen molar-refractivity contribution in [3.63, 3.8) is 0 Å². The zero-order chi connectivity index (χ0) is 19.2. The van der Waals surface area contributed by atoms with Crippen LogP contribution in [0, 0.1) is 11.6 Å². The van der Waals surface area contributed by atoms with Crippen LogP contribution in [0.3, 0.4) is 0 Å². The van der Waals surface area contributed by atoms with Crippen molar-refractivity contribution in [3.8, 4) is 11.3 Å². The molecule has 0 amide bonds. The molecule has 0 aliphatic rings. The molecule has 7 heteroatoms. The standard InChI is InChI=1S/C20H21F2N5/c1-3-13(2)25-20-26-18(15-4-6-23-7-5-15)11-19(27-20)24-12-14-8-16(21)10-17(22)9-14/h4-11,13H,3,12H2,1-2H3,(H2,24,25,26,27)/t13-/m0/s1. The highest BCUT2D eigenvalue weighted by molar-refractivity contribution is 5.64. The second-order valence-electron chi connectivity index (χ2n) is 6.28. The number of rotatable bonds is 7. The smallest absolute Gasteiger partial charge is 0.225 e. The summed E-state index contributed by atoms with van der Waals surface area (Å²) in [6, 6.07) is 9.17. The van der Waals surface area contributed by atoms with Crippen LogP contribution < -0.4 is 10.6 Å². The molecular weight excluding hydrogens is 348 g/mol. The summed E-state index contributed by atoms with van der Waals surface area (Å²) < 4.78 is 26.8. The van der Waals surface area contributed by atoms with E-state index < -0.39 is 11.6 Å². The van der Waals surface area contributed by atoms with E-state index in [0.717, 1.165) is 23.7 Å². The van der Waals surface area contributed by atoms with Gasteiger partial charge in [0.2, 0.25) is 5.95 Å². The minimum atomic E-state index is -0.605. The SMILES string of the molecule is CC[C@H](C)Nc1nc(NCc2cc(F)cc(F)c2)cc(-c2ccncc2)n1. The second kappa shape index (κ2) is 8.53. The van der Waals surface area contributed by atoms with Gasteiger partial charge in [0, 0.05) is 42.7 Å². The van der Waals surface area contributed by atoms with Crippen molar-refractivity contribution < 1.29 is 8.78 Å². The highest BCUT2D eigenvalue weighted by atomic mass is 19.1. The molecule has 1 aromatic carbocycles. The van der Waals surface area contributed by atoms with Gasteiger partial charge >= 0.3 is 0 Å². The molecule has 1 atom stereocenters. The van der Waals surface area contributed by atoms with Crippen molar-refractivity contribution in [2.45, 2.75) is 32.9 Å². The summed E-state index contributed by atoms with van der Waals surface area (Å²) >= 11 is 0. The molecule has 0 unspecified atom stereocenters. The Morgan fingerprint density at radius 1 is 1.00 bits per heavy atom. The summed E-state index contributed by atoms with van der Waals surface area (Å²) in [6.45, 7) is 4.36. The molecular formula is C20H21F2N5. The third kappa shape index (κ3) is 5.20. The fraction of sp³-hybridized carbons (Fsp3) is 0.250. The van der Waals surface area contributed by atoms with E-state index in [-0.39, 0.29) is 12.6 Å². The molecule has 0 fully saturated rings. The largest absolute Gasteiger partial charge is 0.366 e. The molecule has 3 rings (SSSR count). The normalized spacial score (nSPS) is 11.9.